The Morgan fingerprint density at radius 3 is 2.37 bits per heavy atom. The van der Waals surface area contributed by atoms with E-state index in [-0.39, 0.29) is 22.2 Å². The van der Waals surface area contributed by atoms with Gasteiger partial charge in [0.15, 0.2) is 5.78 Å². The van der Waals surface area contributed by atoms with Gasteiger partial charge in [-0.25, -0.2) is 4.98 Å². The van der Waals surface area contributed by atoms with Crippen molar-refractivity contribution in [3.63, 3.8) is 0 Å². The molecule has 1 aromatic heterocycles. The molecule has 0 aliphatic carbocycles. The molecule has 0 unspecified atom stereocenters. The van der Waals surface area contributed by atoms with Crippen LogP contribution in [0, 0.1) is 17.0 Å². The van der Waals surface area contributed by atoms with Crippen molar-refractivity contribution < 1.29 is 27.6 Å². The zero-order valence-electron chi connectivity index (χ0n) is 18.7. The van der Waals surface area contributed by atoms with Crippen molar-refractivity contribution in [3.05, 3.63) is 73.9 Å². The van der Waals surface area contributed by atoms with E-state index in [0.29, 0.717) is 39.8 Å². The number of nitrogens with zero attached hydrogens (tertiary/aromatic N) is 2. The minimum Gasteiger partial charge on any atom is -0.497 e. The van der Waals surface area contributed by atoms with Gasteiger partial charge in [-0.15, -0.1) is 0 Å². The Bertz CT molecular complexity index is 1320. The minimum absolute atomic E-state index is 0.0978. The molecule has 3 aromatic rings. The fourth-order valence-electron chi connectivity index (χ4n) is 3.58. The lowest BCUT2D eigenvalue weighted by atomic mass is 9.92. The van der Waals surface area contributed by atoms with Crippen molar-refractivity contribution in [2.45, 2.75) is 36.5 Å². The zero-order valence-corrected chi connectivity index (χ0v) is 20.3. The number of carbonyl (C=O) groups excluding carboxylic acids is 1. The normalized spacial score (nSPS) is 11.4. The van der Waals surface area contributed by atoms with Crippen LogP contribution in [0.1, 0.15) is 34.1 Å². The summed E-state index contributed by atoms with van der Waals surface area (Å²) in [7, 11) is 1.51. The summed E-state index contributed by atoms with van der Waals surface area (Å²) in [4.78, 5) is 27.5. The van der Waals surface area contributed by atoms with E-state index in [2.05, 4.69) is 4.98 Å². The van der Waals surface area contributed by atoms with Crippen molar-refractivity contribution in [1.29, 1.82) is 0 Å². The van der Waals surface area contributed by atoms with Gasteiger partial charge in [0, 0.05) is 29.3 Å². The number of halogens is 4. The van der Waals surface area contributed by atoms with E-state index in [1.165, 1.54) is 14.0 Å². The number of alkyl halides is 3. The Hall–Kier alpha value is -3.15. The van der Waals surface area contributed by atoms with Crippen molar-refractivity contribution in [1.82, 2.24) is 4.98 Å². The summed E-state index contributed by atoms with van der Waals surface area (Å²) in [6, 6.07) is 8.13. The van der Waals surface area contributed by atoms with Crippen LogP contribution in [0.15, 0.2) is 46.3 Å². The molecule has 2 N–H and O–H groups in total. The maximum absolute atomic E-state index is 13.3. The van der Waals surface area contributed by atoms with Gasteiger partial charge >= 0.3 is 6.18 Å². The van der Waals surface area contributed by atoms with Gasteiger partial charge < -0.3 is 10.5 Å². The molecule has 0 radical (unpaired) electrons. The molecular weight excluding hydrogens is 507 g/mol. The van der Waals surface area contributed by atoms with Crippen LogP contribution in [0.4, 0.5) is 18.9 Å². The molecule has 35 heavy (non-hydrogen) atoms. The van der Waals surface area contributed by atoms with Gasteiger partial charge in [0.25, 0.3) is 5.69 Å². The van der Waals surface area contributed by atoms with Crippen LogP contribution in [0.2, 0.25) is 5.02 Å². The number of aryl methyl sites for hydroxylation is 1. The number of ketones is 1. The number of rotatable bonds is 7. The Balaban J connectivity index is 2.27. The summed E-state index contributed by atoms with van der Waals surface area (Å²) in [6.45, 7) is 2.88. The number of nitrogens with two attached hydrogens (primary N) is 1. The highest BCUT2D eigenvalue weighted by Gasteiger charge is 2.36. The predicted molar refractivity (Wildman–Crippen MR) is 126 cm³/mol. The summed E-state index contributed by atoms with van der Waals surface area (Å²) in [5.74, 6) is 0.318. The van der Waals surface area contributed by atoms with Crippen LogP contribution < -0.4 is 10.5 Å². The largest absolute Gasteiger partial charge is 0.497 e. The summed E-state index contributed by atoms with van der Waals surface area (Å²) in [5.41, 5.74) is 6.10. The molecule has 0 atom stereocenters. The van der Waals surface area contributed by atoms with Gasteiger partial charge in [-0.3, -0.25) is 14.9 Å². The Morgan fingerprint density at radius 1 is 1.26 bits per heavy atom. The van der Waals surface area contributed by atoms with Crippen molar-refractivity contribution >= 4 is 34.8 Å². The second kappa shape index (κ2) is 10.2. The molecule has 0 aliphatic heterocycles. The van der Waals surface area contributed by atoms with E-state index in [1.807, 2.05) is 0 Å². The number of pyridine rings is 1. The average Bonchev–Trinajstić information content (AvgIpc) is 2.77. The van der Waals surface area contributed by atoms with Gasteiger partial charge in [0.2, 0.25) is 0 Å². The molecule has 3 rings (SSSR count). The lowest BCUT2D eigenvalue weighted by Crippen LogP contribution is -2.11. The lowest BCUT2D eigenvalue weighted by molar-refractivity contribution is -0.388. The van der Waals surface area contributed by atoms with E-state index in [1.54, 1.807) is 31.2 Å². The maximum Gasteiger partial charge on any atom is 0.418 e. The first kappa shape index (κ1) is 26.5. The quantitative estimate of drug-likeness (QED) is 0.214. The van der Waals surface area contributed by atoms with Crippen molar-refractivity contribution in [3.8, 4) is 16.9 Å². The standard InChI is InChI=1S/C23H19ClF3N3O4S/c1-11-20(12(2)31)21(13-4-6-14(34-3)7-5-13)15(10-28)22(29-11)35-19-9-17(24)16(23(25,26)27)8-18(19)30(32)33/h4-9H,10,28H2,1-3H3. The summed E-state index contributed by atoms with van der Waals surface area (Å²) < 4.78 is 44.9. The Kier molecular flexibility index (Phi) is 7.73. The number of nitro groups is 1. The highest BCUT2D eigenvalue weighted by molar-refractivity contribution is 7.99. The van der Waals surface area contributed by atoms with Crippen LogP contribution in [-0.4, -0.2) is 22.8 Å². The van der Waals surface area contributed by atoms with E-state index >= 15 is 0 Å². The van der Waals surface area contributed by atoms with Gasteiger partial charge in [0.05, 0.1) is 33.2 Å². The van der Waals surface area contributed by atoms with Gasteiger partial charge in [-0.05, 0) is 37.6 Å². The smallest absolute Gasteiger partial charge is 0.418 e. The molecule has 7 nitrogen and oxygen atoms in total. The van der Waals surface area contributed by atoms with Crippen LogP contribution >= 0.6 is 23.4 Å². The monoisotopic (exact) mass is 525 g/mol. The maximum atomic E-state index is 13.3. The molecule has 0 spiro atoms. The number of carbonyl (C=O) groups is 1. The van der Waals surface area contributed by atoms with Crippen LogP contribution in [0.3, 0.4) is 0 Å². The number of aromatic nitrogens is 1. The first-order chi connectivity index (χ1) is 16.4. The summed E-state index contributed by atoms with van der Waals surface area (Å²) in [6.07, 6.45) is -4.87. The SMILES string of the molecule is COc1ccc(-c2c(CN)c(Sc3cc(Cl)c(C(F)(F)F)cc3[N+](=O)[O-])nc(C)c2C(C)=O)cc1. The van der Waals surface area contributed by atoms with Crippen LogP contribution in [0.5, 0.6) is 5.75 Å². The Labute approximate surface area is 207 Å². The molecule has 2 aromatic carbocycles. The van der Waals surface area contributed by atoms with Crippen molar-refractivity contribution in [2.24, 2.45) is 5.73 Å². The lowest BCUT2D eigenvalue weighted by Gasteiger charge is -2.19. The minimum atomic E-state index is -4.87. The number of hydrogen-bond acceptors (Lipinski definition) is 7. The van der Waals surface area contributed by atoms with E-state index < -0.39 is 27.4 Å². The number of ether oxygens (including phenoxy) is 1. The molecule has 0 fully saturated rings. The van der Waals surface area contributed by atoms with E-state index in [9.17, 15) is 28.1 Å². The third kappa shape index (κ3) is 5.42. The molecule has 0 saturated carbocycles. The second-order valence-electron chi connectivity index (χ2n) is 7.38. The number of Topliss-reactive ketones (excluding diaryl/α,β-unsaturated/α-hetero) is 1. The molecule has 12 heteroatoms. The number of benzene rings is 2. The molecule has 0 aliphatic rings. The van der Waals surface area contributed by atoms with Crippen LogP contribution in [0.25, 0.3) is 11.1 Å². The third-order valence-corrected chi connectivity index (χ3v) is 6.52. The zero-order chi connectivity index (χ0) is 26.1. The molecular formula is C23H19ClF3N3O4S. The van der Waals surface area contributed by atoms with Crippen LogP contribution in [-0.2, 0) is 12.7 Å². The average molecular weight is 526 g/mol. The fourth-order valence-corrected chi connectivity index (χ4v) is 5.03. The Morgan fingerprint density at radius 2 is 1.89 bits per heavy atom. The number of hydrogen-bond donors (Lipinski definition) is 1. The third-order valence-electron chi connectivity index (χ3n) is 5.13. The first-order valence-corrected chi connectivity index (χ1v) is 11.2. The second-order valence-corrected chi connectivity index (χ2v) is 8.81. The molecule has 1 heterocycles. The molecule has 0 saturated heterocycles. The number of methoxy groups -OCH3 is 1. The predicted octanol–water partition coefficient (Wildman–Crippen LogP) is 6.46. The van der Waals surface area contributed by atoms with E-state index in [4.69, 9.17) is 22.1 Å². The first-order valence-electron chi connectivity index (χ1n) is 10.0. The highest BCUT2D eigenvalue weighted by atomic mass is 35.5. The summed E-state index contributed by atoms with van der Waals surface area (Å²) in [5, 5.41) is 11.1. The summed E-state index contributed by atoms with van der Waals surface area (Å²) >= 11 is 6.58. The highest BCUT2D eigenvalue weighted by Crippen LogP contribution is 2.45. The van der Waals surface area contributed by atoms with Crippen molar-refractivity contribution in [2.75, 3.05) is 7.11 Å². The van der Waals surface area contributed by atoms with E-state index in [0.717, 1.165) is 17.8 Å². The fraction of sp³-hybridized carbons (Fsp3) is 0.217. The topological polar surface area (TPSA) is 108 Å². The van der Waals surface area contributed by atoms with Gasteiger partial charge in [0.1, 0.15) is 10.8 Å². The van der Waals surface area contributed by atoms with Gasteiger partial charge in [-0.1, -0.05) is 35.5 Å². The number of nitro benzene ring substituents is 1. The molecule has 0 amide bonds. The molecule has 0 bridgehead atoms. The molecule has 184 valence electrons. The van der Waals surface area contributed by atoms with Gasteiger partial charge in [-0.2, -0.15) is 13.2 Å².